The van der Waals surface area contributed by atoms with E-state index in [1.54, 1.807) is 31.2 Å². The SMILES string of the molecule is CCOC(=O)c1ccc(NC(=O)COC(=O)CCC(=O)Nc2ccc(OCC)cc2)cc1. The van der Waals surface area contributed by atoms with Gasteiger partial charge in [0.1, 0.15) is 5.75 Å². The van der Waals surface area contributed by atoms with Crippen LogP contribution in [0, 0.1) is 0 Å². The van der Waals surface area contributed by atoms with Crippen molar-refractivity contribution in [2.24, 2.45) is 0 Å². The number of benzene rings is 2. The standard InChI is InChI=1S/C23H26N2O7/c1-3-30-19-11-9-18(10-12-19)24-20(26)13-14-22(28)32-15-21(27)25-17-7-5-16(6-8-17)23(29)31-4-2/h5-12H,3-4,13-15H2,1-2H3,(H,24,26)(H,25,27). The molecule has 0 aromatic heterocycles. The Morgan fingerprint density at radius 2 is 1.31 bits per heavy atom. The van der Waals surface area contributed by atoms with E-state index in [-0.39, 0.29) is 25.4 Å². The van der Waals surface area contributed by atoms with Crippen LogP contribution in [-0.4, -0.2) is 43.6 Å². The van der Waals surface area contributed by atoms with Crippen molar-refractivity contribution in [3.63, 3.8) is 0 Å². The molecule has 0 aliphatic rings. The molecule has 2 N–H and O–H groups in total. The molecule has 2 amide bonds. The van der Waals surface area contributed by atoms with Crippen molar-refractivity contribution in [2.45, 2.75) is 26.7 Å². The summed E-state index contributed by atoms with van der Waals surface area (Å²) in [6, 6.07) is 13.0. The van der Waals surface area contributed by atoms with Crippen LogP contribution in [0.5, 0.6) is 5.75 Å². The Bertz CT molecular complexity index is 924. The van der Waals surface area contributed by atoms with Crippen molar-refractivity contribution >= 4 is 35.1 Å². The summed E-state index contributed by atoms with van der Waals surface area (Å²) in [5.74, 6) is -1.31. The normalized spacial score (nSPS) is 10.1. The molecule has 0 aliphatic heterocycles. The number of carbonyl (C=O) groups is 4. The number of anilines is 2. The lowest BCUT2D eigenvalue weighted by Crippen LogP contribution is -2.21. The zero-order valence-corrected chi connectivity index (χ0v) is 18.0. The monoisotopic (exact) mass is 442 g/mol. The van der Waals surface area contributed by atoms with Crippen LogP contribution in [0.3, 0.4) is 0 Å². The molecular formula is C23H26N2O7. The van der Waals surface area contributed by atoms with Crippen molar-refractivity contribution < 1.29 is 33.4 Å². The molecule has 170 valence electrons. The van der Waals surface area contributed by atoms with E-state index < -0.39 is 24.5 Å². The lowest BCUT2D eigenvalue weighted by molar-refractivity contribution is -0.147. The average molecular weight is 442 g/mol. The fourth-order valence-electron chi connectivity index (χ4n) is 2.56. The number of amides is 2. The first-order valence-electron chi connectivity index (χ1n) is 10.2. The Balaban J connectivity index is 1.68. The molecule has 0 bridgehead atoms. The second-order valence-corrected chi connectivity index (χ2v) is 6.51. The second kappa shape index (κ2) is 12.7. The van der Waals surface area contributed by atoms with Crippen molar-refractivity contribution in [1.29, 1.82) is 0 Å². The highest BCUT2D eigenvalue weighted by molar-refractivity contribution is 5.95. The number of hydrogen-bond acceptors (Lipinski definition) is 7. The van der Waals surface area contributed by atoms with Gasteiger partial charge >= 0.3 is 11.9 Å². The fourth-order valence-corrected chi connectivity index (χ4v) is 2.56. The Morgan fingerprint density at radius 1 is 0.719 bits per heavy atom. The molecule has 9 heteroatoms. The molecule has 0 fully saturated rings. The van der Waals surface area contributed by atoms with Gasteiger partial charge in [0, 0.05) is 17.8 Å². The first-order chi connectivity index (χ1) is 15.4. The maximum absolute atomic E-state index is 12.0. The van der Waals surface area contributed by atoms with E-state index in [4.69, 9.17) is 14.2 Å². The number of esters is 2. The average Bonchev–Trinajstić information content (AvgIpc) is 2.78. The van der Waals surface area contributed by atoms with Gasteiger partial charge in [-0.15, -0.1) is 0 Å². The maximum Gasteiger partial charge on any atom is 0.338 e. The van der Waals surface area contributed by atoms with E-state index in [2.05, 4.69) is 10.6 Å². The molecule has 2 aromatic carbocycles. The zero-order chi connectivity index (χ0) is 23.3. The fraction of sp³-hybridized carbons (Fsp3) is 0.304. The summed E-state index contributed by atoms with van der Waals surface area (Å²) < 4.78 is 15.1. The number of ether oxygens (including phenoxy) is 3. The summed E-state index contributed by atoms with van der Waals surface area (Å²) in [6.07, 6.45) is -0.243. The van der Waals surface area contributed by atoms with Gasteiger partial charge in [0.2, 0.25) is 5.91 Å². The van der Waals surface area contributed by atoms with Crippen LogP contribution in [0.15, 0.2) is 48.5 Å². The first kappa shape index (κ1) is 24.4. The third-order valence-electron chi connectivity index (χ3n) is 4.05. The Hall–Kier alpha value is -3.88. The molecule has 0 aliphatic carbocycles. The van der Waals surface area contributed by atoms with E-state index >= 15 is 0 Å². The van der Waals surface area contributed by atoms with Gasteiger partial charge in [-0.1, -0.05) is 0 Å². The lowest BCUT2D eigenvalue weighted by Gasteiger charge is -2.08. The highest BCUT2D eigenvalue weighted by Crippen LogP contribution is 2.16. The lowest BCUT2D eigenvalue weighted by atomic mass is 10.2. The molecule has 0 atom stereocenters. The third-order valence-corrected chi connectivity index (χ3v) is 4.05. The van der Waals surface area contributed by atoms with E-state index in [1.807, 2.05) is 6.92 Å². The molecular weight excluding hydrogens is 416 g/mol. The largest absolute Gasteiger partial charge is 0.494 e. The molecule has 2 rings (SSSR count). The van der Waals surface area contributed by atoms with Crippen LogP contribution in [0.4, 0.5) is 11.4 Å². The smallest absolute Gasteiger partial charge is 0.338 e. The molecule has 0 unspecified atom stereocenters. The van der Waals surface area contributed by atoms with Gasteiger partial charge in [0.25, 0.3) is 5.91 Å². The Kier molecular flexibility index (Phi) is 9.70. The molecule has 0 heterocycles. The molecule has 9 nitrogen and oxygen atoms in total. The van der Waals surface area contributed by atoms with Crippen molar-refractivity contribution in [3.05, 3.63) is 54.1 Å². The first-order valence-corrected chi connectivity index (χ1v) is 10.2. The van der Waals surface area contributed by atoms with Crippen LogP contribution >= 0.6 is 0 Å². The van der Waals surface area contributed by atoms with Gasteiger partial charge in [-0.3, -0.25) is 14.4 Å². The molecule has 0 saturated heterocycles. The van der Waals surface area contributed by atoms with Crippen LogP contribution < -0.4 is 15.4 Å². The van der Waals surface area contributed by atoms with Gasteiger partial charge in [0.05, 0.1) is 25.2 Å². The highest BCUT2D eigenvalue weighted by Gasteiger charge is 2.12. The van der Waals surface area contributed by atoms with Crippen LogP contribution in [-0.2, 0) is 23.9 Å². The zero-order valence-electron chi connectivity index (χ0n) is 18.0. The van der Waals surface area contributed by atoms with Crippen LogP contribution in [0.2, 0.25) is 0 Å². The molecule has 0 spiro atoms. The number of rotatable bonds is 11. The summed E-state index contributed by atoms with van der Waals surface area (Å²) in [7, 11) is 0. The van der Waals surface area contributed by atoms with Gasteiger partial charge in [0.15, 0.2) is 6.61 Å². The summed E-state index contributed by atoms with van der Waals surface area (Å²) in [4.78, 5) is 47.3. The number of nitrogens with one attached hydrogen (secondary N) is 2. The number of carbonyl (C=O) groups excluding carboxylic acids is 4. The molecule has 32 heavy (non-hydrogen) atoms. The topological polar surface area (TPSA) is 120 Å². The minimum Gasteiger partial charge on any atom is -0.494 e. The highest BCUT2D eigenvalue weighted by atomic mass is 16.5. The van der Waals surface area contributed by atoms with Gasteiger partial charge in [-0.25, -0.2) is 4.79 Å². The second-order valence-electron chi connectivity index (χ2n) is 6.51. The number of hydrogen-bond donors (Lipinski definition) is 2. The van der Waals surface area contributed by atoms with Crippen LogP contribution in [0.1, 0.15) is 37.0 Å². The predicted octanol–water partition coefficient (Wildman–Crippen LogP) is 3.16. The Labute approximate surface area is 186 Å². The Morgan fingerprint density at radius 3 is 1.91 bits per heavy atom. The molecule has 2 aromatic rings. The minimum atomic E-state index is -0.667. The summed E-state index contributed by atoms with van der Waals surface area (Å²) >= 11 is 0. The third kappa shape index (κ3) is 8.47. The minimum absolute atomic E-state index is 0.0804. The van der Waals surface area contributed by atoms with E-state index in [9.17, 15) is 19.2 Å². The molecule has 0 saturated carbocycles. The van der Waals surface area contributed by atoms with Crippen molar-refractivity contribution in [2.75, 3.05) is 30.5 Å². The van der Waals surface area contributed by atoms with Crippen molar-refractivity contribution in [1.82, 2.24) is 0 Å². The van der Waals surface area contributed by atoms with E-state index in [0.29, 0.717) is 29.3 Å². The van der Waals surface area contributed by atoms with Gasteiger partial charge in [-0.05, 0) is 62.4 Å². The van der Waals surface area contributed by atoms with Gasteiger partial charge in [-0.2, -0.15) is 0 Å². The van der Waals surface area contributed by atoms with E-state index in [0.717, 1.165) is 0 Å². The van der Waals surface area contributed by atoms with E-state index in [1.165, 1.54) is 24.3 Å². The predicted molar refractivity (Wildman–Crippen MR) is 117 cm³/mol. The summed E-state index contributed by atoms with van der Waals surface area (Å²) in [5.41, 5.74) is 1.38. The summed E-state index contributed by atoms with van der Waals surface area (Å²) in [6.45, 7) is 3.92. The molecule has 0 radical (unpaired) electrons. The van der Waals surface area contributed by atoms with Crippen LogP contribution in [0.25, 0.3) is 0 Å². The quantitative estimate of drug-likeness (QED) is 0.513. The van der Waals surface area contributed by atoms with Gasteiger partial charge < -0.3 is 24.8 Å². The summed E-state index contributed by atoms with van der Waals surface area (Å²) in [5, 5.41) is 5.22. The maximum atomic E-state index is 12.0. The van der Waals surface area contributed by atoms with Crippen molar-refractivity contribution in [3.8, 4) is 5.75 Å².